The highest BCUT2D eigenvalue weighted by Gasteiger charge is 2.07. The predicted molar refractivity (Wildman–Crippen MR) is 68.7 cm³/mol. The molecule has 0 bridgehead atoms. The number of H-pyrrole nitrogens is 1. The second-order valence-electron chi connectivity index (χ2n) is 3.83. The number of aliphatic hydroxyl groups excluding tert-OH is 1. The molecule has 1 aromatic carbocycles. The molecule has 0 amide bonds. The van der Waals surface area contributed by atoms with Crippen LogP contribution in [0.15, 0.2) is 33.6 Å². The van der Waals surface area contributed by atoms with Crippen LogP contribution in [0.2, 0.25) is 0 Å². The lowest BCUT2D eigenvalue weighted by molar-refractivity contribution is 0.300. The predicted octanol–water partition coefficient (Wildman–Crippen LogP) is 1.78. The number of benzene rings is 1. The van der Waals surface area contributed by atoms with Crippen LogP contribution in [-0.4, -0.2) is 21.7 Å². The van der Waals surface area contributed by atoms with E-state index in [-0.39, 0.29) is 6.61 Å². The standard InChI is InChI=1S/C12H10N2O3S/c15-4-3-8-6-13-11(18-8)7-1-2-10-9(5-7)14-12(16)17-10/h1-2,5-6,15H,3-4H2,(H,14,16). The molecule has 0 atom stereocenters. The minimum atomic E-state index is -0.456. The van der Waals surface area contributed by atoms with Gasteiger partial charge in [0.15, 0.2) is 5.58 Å². The van der Waals surface area contributed by atoms with E-state index in [4.69, 9.17) is 9.52 Å². The minimum absolute atomic E-state index is 0.121. The summed E-state index contributed by atoms with van der Waals surface area (Å²) in [6, 6.07) is 5.44. The van der Waals surface area contributed by atoms with Crippen LogP contribution in [0.3, 0.4) is 0 Å². The largest absolute Gasteiger partial charge is 0.417 e. The van der Waals surface area contributed by atoms with E-state index in [1.54, 1.807) is 12.3 Å². The Bertz CT molecular complexity index is 741. The lowest BCUT2D eigenvalue weighted by Gasteiger charge is -1.95. The number of aromatic nitrogens is 2. The van der Waals surface area contributed by atoms with Crippen LogP contribution in [0.1, 0.15) is 4.88 Å². The number of nitrogens with zero attached hydrogens (tertiary/aromatic N) is 1. The molecule has 0 aliphatic rings. The molecule has 3 rings (SSSR count). The van der Waals surface area contributed by atoms with Gasteiger partial charge in [0, 0.05) is 29.7 Å². The Balaban J connectivity index is 2.04. The molecule has 0 aliphatic heterocycles. The number of rotatable bonds is 3. The second-order valence-corrected chi connectivity index (χ2v) is 4.95. The van der Waals surface area contributed by atoms with Crippen molar-refractivity contribution in [1.29, 1.82) is 0 Å². The number of nitrogens with one attached hydrogen (secondary N) is 1. The molecule has 2 N–H and O–H groups in total. The summed E-state index contributed by atoms with van der Waals surface area (Å²) in [5.41, 5.74) is 2.13. The van der Waals surface area contributed by atoms with Crippen LogP contribution in [0, 0.1) is 0 Å². The Morgan fingerprint density at radius 1 is 1.44 bits per heavy atom. The summed E-state index contributed by atoms with van der Waals surface area (Å²) in [6.45, 7) is 0.121. The molecule has 6 heteroatoms. The van der Waals surface area contributed by atoms with E-state index in [0.29, 0.717) is 17.5 Å². The van der Waals surface area contributed by atoms with Crippen LogP contribution in [0.25, 0.3) is 21.7 Å². The molecule has 18 heavy (non-hydrogen) atoms. The number of aliphatic hydroxyl groups is 1. The second kappa shape index (κ2) is 4.40. The van der Waals surface area contributed by atoms with Gasteiger partial charge in [0.1, 0.15) is 5.01 Å². The first kappa shape index (κ1) is 11.2. The van der Waals surface area contributed by atoms with Crippen molar-refractivity contribution in [2.45, 2.75) is 6.42 Å². The molecule has 0 fully saturated rings. The number of oxazole rings is 1. The van der Waals surface area contributed by atoms with Gasteiger partial charge in [0.2, 0.25) is 0 Å². The third kappa shape index (κ3) is 1.96. The van der Waals surface area contributed by atoms with E-state index in [1.165, 1.54) is 11.3 Å². The summed E-state index contributed by atoms with van der Waals surface area (Å²) >= 11 is 1.53. The van der Waals surface area contributed by atoms with Gasteiger partial charge in [-0.3, -0.25) is 4.98 Å². The highest BCUT2D eigenvalue weighted by Crippen LogP contribution is 2.27. The number of fused-ring (bicyclic) bond motifs is 1. The van der Waals surface area contributed by atoms with Gasteiger partial charge in [0.05, 0.1) is 5.52 Å². The molecule has 2 aromatic heterocycles. The lowest BCUT2D eigenvalue weighted by atomic mass is 10.2. The number of thiazole rings is 1. The maximum atomic E-state index is 11.1. The fraction of sp³-hybridized carbons (Fsp3) is 0.167. The monoisotopic (exact) mass is 262 g/mol. The lowest BCUT2D eigenvalue weighted by Crippen LogP contribution is -1.92. The van der Waals surface area contributed by atoms with Gasteiger partial charge in [-0.25, -0.2) is 9.78 Å². The summed E-state index contributed by atoms with van der Waals surface area (Å²) in [5, 5.41) is 9.73. The third-order valence-corrected chi connectivity index (χ3v) is 3.68. The molecule has 0 radical (unpaired) electrons. The average Bonchev–Trinajstić information content (AvgIpc) is 2.93. The van der Waals surface area contributed by atoms with Gasteiger partial charge in [-0.15, -0.1) is 11.3 Å². The van der Waals surface area contributed by atoms with Crippen LogP contribution in [0.5, 0.6) is 0 Å². The fourth-order valence-corrected chi connectivity index (χ4v) is 2.65. The Kier molecular flexibility index (Phi) is 2.73. The molecule has 0 saturated heterocycles. The van der Waals surface area contributed by atoms with Crippen molar-refractivity contribution < 1.29 is 9.52 Å². The highest BCUT2D eigenvalue weighted by atomic mass is 32.1. The van der Waals surface area contributed by atoms with Gasteiger partial charge in [-0.2, -0.15) is 0 Å². The maximum absolute atomic E-state index is 11.1. The van der Waals surface area contributed by atoms with Crippen LogP contribution < -0.4 is 5.76 Å². The Morgan fingerprint density at radius 2 is 2.33 bits per heavy atom. The van der Waals surface area contributed by atoms with E-state index < -0.39 is 5.76 Å². The third-order valence-electron chi connectivity index (χ3n) is 2.58. The zero-order chi connectivity index (χ0) is 12.5. The number of hydrogen-bond donors (Lipinski definition) is 2. The van der Waals surface area contributed by atoms with Gasteiger partial charge in [-0.05, 0) is 18.2 Å². The Hall–Kier alpha value is -1.92. The first-order chi connectivity index (χ1) is 8.76. The minimum Gasteiger partial charge on any atom is -0.408 e. The highest BCUT2D eigenvalue weighted by molar-refractivity contribution is 7.15. The Morgan fingerprint density at radius 3 is 3.17 bits per heavy atom. The normalized spacial score (nSPS) is 11.2. The van der Waals surface area contributed by atoms with E-state index in [9.17, 15) is 4.79 Å². The molecular formula is C12H10N2O3S. The van der Waals surface area contributed by atoms with E-state index in [0.717, 1.165) is 15.4 Å². The summed E-state index contributed by atoms with van der Waals surface area (Å²) in [5.74, 6) is -0.456. The first-order valence-electron chi connectivity index (χ1n) is 5.45. The summed E-state index contributed by atoms with van der Waals surface area (Å²) in [4.78, 5) is 19.0. The van der Waals surface area contributed by atoms with Crippen molar-refractivity contribution in [3.8, 4) is 10.6 Å². The van der Waals surface area contributed by atoms with Crippen LogP contribution >= 0.6 is 11.3 Å². The van der Waals surface area contributed by atoms with Crippen molar-refractivity contribution in [1.82, 2.24) is 9.97 Å². The first-order valence-corrected chi connectivity index (χ1v) is 6.27. The van der Waals surface area contributed by atoms with E-state index >= 15 is 0 Å². The molecule has 0 aliphatic carbocycles. The summed E-state index contributed by atoms with van der Waals surface area (Å²) < 4.78 is 4.94. The molecule has 0 saturated carbocycles. The van der Waals surface area contributed by atoms with Crippen molar-refractivity contribution in [2.75, 3.05) is 6.61 Å². The van der Waals surface area contributed by atoms with E-state index in [2.05, 4.69) is 9.97 Å². The van der Waals surface area contributed by atoms with Crippen molar-refractivity contribution >= 4 is 22.4 Å². The van der Waals surface area contributed by atoms with Crippen LogP contribution in [-0.2, 0) is 6.42 Å². The zero-order valence-corrected chi connectivity index (χ0v) is 10.2. The van der Waals surface area contributed by atoms with Gasteiger partial charge < -0.3 is 9.52 Å². The maximum Gasteiger partial charge on any atom is 0.417 e. The smallest absolute Gasteiger partial charge is 0.408 e. The molecule has 0 spiro atoms. The summed E-state index contributed by atoms with van der Waals surface area (Å²) in [7, 11) is 0. The van der Waals surface area contributed by atoms with Gasteiger partial charge in [0.25, 0.3) is 0 Å². The van der Waals surface area contributed by atoms with Crippen molar-refractivity contribution in [3.05, 3.63) is 39.8 Å². The van der Waals surface area contributed by atoms with Gasteiger partial charge in [-0.1, -0.05) is 0 Å². The molecule has 5 nitrogen and oxygen atoms in total. The molecular weight excluding hydrogens is 252 g/mol. The number of hydrogen-bond acceptors (Lipinski definition) is 5. The molecule has 92 valence electrons. The van der Waals surface area contributed by atoms with E-state index in [1.807, 2.05) is 12.1 Å². The van der Waals surface area contributed by atoms with Crippen molar-refractivity contribution in [2.24, 2.45) is 0 Å². The quantitative estimate of drug-likeness (QED) is 0.754. The topological polar surface area (TPSA) is 79.1 Å². The molecule has 2 heterocycles. The average molecular weight is 262 g/mol. The number of aromatic amines is 1. The fourth-order valence-electron chi connectivity index (χ4n) is 1.75. The Labute approximate surface area is 106 Å². The molecule has 0 unspecified atom stereocenters. The van der Waals surface area contributed by atoms with Crippen LogP contribution in [0.4, 0.5) is 0 Å². The molecule has 3 aromatic rings. The van der Waals surface area contributed by atoms with Gasteiger partial charge >= 0.3 is 5.76 Å². The SMILES string of the molecule is O=c1[nH]c2cc(-c3ncc(CCO)s3)ccc2o1. The zero-order valence-electron chi connectivity index (χ0n) is 9.34. The van der Waals surface area contributed by atoms with Crippen molar-refractivity contribution in [3.63, 3.8) is 0 Å². The summed E-state index contributed by atoms with van der Waals surface area (Å²) in [6.07, 6.45) is 2.38.